The zero-order valence-corrected chi connectivity index (χ0v) is 22.6. The van der Waals surface area contributed by atoms with Gasteiger partial charge in [-0.25, -0.2) is 0 Å². The predicted molar refractivity (Wildman–Crippen MR) is 136 cm³/mol. The van der Waals surface area contributed by atoms with Crippen molar-refractivity contribution >= 4 is 5.97 Å². The minimum Gasteiger partial charge on any atom is -0.507 e. The molecule has 1 aromatic carbocycles. The maximum Gasteiger partial charge on any atom is 0.306 e. The first-order valence-corrected chi connectivity index (χ1v) is 12.3. The van der Waals surface area contributed by atoms with E-state index in [0.717, 1.165) is 16.7 Å². The monoisotopic (exact) mass is 514 g/mol. The number of benzene rings is 1. The van der Waals surface area contributed by atoms with Crippen LogP contribution >= 0.6 is 0 Å². The lowest BCUT2D eigenvalue weighted by Gasteiger charge is -2.32. The number of hydrogen-bond donors (Lipinski definition) is 6. The van der Waals surface area contributed by atoms with Gasteiger partial charge in [0.25, 0.3) is 0 Å². The van der Waals surface area contributed by atoms with Crippen molar-refractivity contribution in [2.24, 2.45) is 10.8 Å². The summed E-state index contributed by atoms with van der Waals surface area (Å²) in [6, 6.07) is 3.82. The normalized spacial score (nSPS) is 13.2. The Balaban J connectivity index is 2.86. The van der Waals surface area contributed by atoms with Gasteiger partial charge in [-0.2, -0.15) is 0 Å². The lowest BCUT2D eigenvalue weighted by molar-refractivity contribution is -0.154. The molecule has 0 unspecified atom stereocenters. The van der Waals surface area contributed by atoms with Gasteiger partial charge in [-0.05, 0) is 33.9 Å². The number of rotatable bonds is 14. The van der Waals surface area contributed by atoms with E-state index in [1.807, 2.05) is 53.7 Å². The maximum atomic E-state index is 12.5. The molecule has 0 saturated carbocycles. The Morgan fingerprint density at radius 1 is 0.722 bits per heavy atom. The Kier molecular flexibility index (Phi) is 11.8. The summed E-state index contributed by atoms with van der Waals surface area (Å²) in [6.07, 6.45) is 0.452. The van der Waals surface area contributed by atoms with Gasteiger partial charge in [0.05, 0.1) is 57.1 Å². The molecule has 1 rings (SSSR count). The highest BCUT2D eigenvalue weighted by molar-refractivity contribution is 5.70. The number of hydrogen-bond acceptors (Lipinski definition) is 9. The highest BCUT2D eigenvalue weighted by Crippen LogP contribution is 2.40. The number of carbonyl (C=O) groups is 1. The van der Waals surface area contributed by atoms with E-state index in [2.05, 4.69) is 0 Å². The van der Waals surface area contributed by atoms with Crippen LogP contribution in [0, 0.1) is 10.8 Å². The average molecular weight is 515 g/mol. The van der Waals surface area contributed by atoms with E-state index >= 15 is 0 Å². The lowest BCUT2D eigenvalue weighted by atomic mass is 9.78. The van der Waals surface area contributed by atoms with E-state index in [1.165, 1.54) is 0 Å². The standard InChI is InChI=1S/C27H46O9/c1-24(2,3)20-9-19(10-21(23(20)34)25(4,5)6)7-8-22(33)36-18-27(14-31,15-32)17-35-16-26(11-28,12-29)13-30/h9-10,28-32,34H,7-8,11-18H2,1-6H3. The molecule has 0 fully saturated rings. The summed E-state index contributed by atoms with van der Waals surface area (Å²) in [7, 11) is 0. The molecule has 9 heteroatoms. The molecule has 0 radical (unpaired) electrons. The fraction of sp³-hybridized carbons (Fsp3) is 0.741. The molecule has 0 spiro atoms. The second-order valence-corrected chi connectivity index (χ2v) is 12.0. The smallest absolute Gasteiger partial charge is 0.306 e. The van der Waals surface area contributed by atoms with Crippen molar-refractivity contribution in [3.63, 3.8) is 0 Å². The van der Waals surface area contributed by atoms with Crippen molar-refractivity contribution in [2.75, 3.05) is 52.9 Å². The van der Waals surface area contributed by atoms with E-state index in [-0.39, 0.29) is 42.8 Å². The molecule has 36 heavy (non-hydrogen) atoms. The Bertz CT molecular complexity index is 785. The zero-order chi connectivity index (χ0) is 27.8. The number of esters is 1. The van der Waals surface area contributed by atoms with Crippen LogP contribution in [-0.4, -0.2) is 89.5 Å². The van der Waals surface area contributed by atoms with Crippen LogP contribution in [0.2, 0.25) is 0 Å². The van der Waals surface area contributed by atoms with Crippen LogP contribution in [0.5, 0.6) is 5.75 Å². The number of aliphatic hydroxyl groups is 5. The largest absolute Gasteiger partial charge is 0.507 e. The number of phenolic OH excluding ortho intramolecular Hbond substituents is 1. The summed E-state index contributed by atoms with van der Waals surface area (Å²) in [5.74, 6) is -0.246. The van der Waals surface area contributed by atoms with Gasteiger partial charge in [0.1, 0.15) is 12.4 Å². The number of carbonyl (C=O) groups excluding carboxylic acids is 1. The molecule has 0 aliphatic rings. The quantitative estimate of drug-likeness (QED) is 0.202. The van der Waals surface area contributed by atoms with Gasteiger partial charge >= 0.3 is 5.97 Å². The van der Waals surface area contributed by atoms with Gasteiger partial charge in [0.2, 0.25) is 0 Å². The fourth-order valence-electron chi connectivity index (χ4n) is 3.58. The summed E-state index contributed by atoms with van der Waals surface area (Å²) in [4.78, 5) is 12.5. The van der Waals surface area contributed by atoms with Crippen LogP contribution in [0.3, 0.4) is 0 Å². The first kappa shape index (κ1) is 32.3. The Hall–Kier alpha value is -1.75. The number of phenols is 1. The van der Waals surface area contributed by atoms with Crippen molar-refractivity contribution in [1.82, 2.24) is 0 Å². The van der Waals surface area contributed by atoms with Gasteiger partial charge in [-0.15, -0.1) is 0 Å². The molecule has 9 nitrogen and oxygen atoms in total. The van der Waals surface area contributed by atoms with Gasteiger partial charge in [0, 0.05) is 6.42 Å². The summed E-state index contributed by atoms with van der Waals surface area (Å²) in [5, 5.41) is 58.8. The first-order valence-electron chi connectivity index (χ1n) is 12.3. The third kappa shape index (κ3) is 8.68. The minimum atomic E-state index is -1.28. The van der Waals surface area contributed by atoms with Crippen molar-refractivity contribution < 1.29 is 44.9 Å². The van der Waals surface area contributed by atoms with Gasteiger partial charge in [0.15, 0.2) is 0 Å². The molecule has 6 N–H and O–H groups in total. The summed E-state index contributed by atoms with van der Waals surface area (Å²) < 4.78 is 10.8. The molecule has 0 amide bonds. The fourth-order valence-corrected chi connectivity index (χ4v) is 3.58. The van der Waals surface area contributed by atoms with Crippen LogP contribution in [0.4, 0.5) is 0 Å². The van der Waals surface area contributed by atoms with E-state index in [0.29, 0.717) is 6.42 Å². The average Bonchev–Trinajstić information content (AvgIpc) is 2.82. The van der Waals surface area contributed by atoms with E-state index in [4.69, 9.17) is 9.47 Å². The van der Waals surface area contributed by atoms with Crippen molar-refractivity contribution in [2.45, 2.75) is 65.2 Å². The SMILES string of the molecule is CC(C)(C)c1cc(CCC(=O)OCC(CO)(CO)COCC(CO)(CO)CO)cc(C(C)(C)C)c1O. The lowest BCUT2D eigenvalue weighted by Crippen LogP contribution is -2.44. The Morgan fingerprint density at radius 2 is 1.14 bits per heavy atom. The summed E-state index contributed by atoms with van der Waals surface area (Å²) in [5.41, 5.74) is -0.607. The van der Waals surface area contributed by atoms with Crippen LogP contribution < -0.4 is 0 Å². The Morgan fingerprint density at radius 3 is 1.53 bits per heavy atom. The topological polar surface area (TPSA) is 157 Å². The number of aryl methyl sites for hydroxylation is 1. The molecule has 0 bridgehead atoms. The van der Waals surface area contributed by atoms with Gasteiger partial charge in [-0.1, -0.05) is 53.7 Å². The van der Waals surface area contributed by atoms with E-state index in [9.17, 15) is 35.4 Å². The molecular weight excluding hydrogens is 468 g/mol. The molecule has 0 aliphatic carbocycles. The summed E-state index contributed by atoms with van der Waals surface area (Å²) in [6.45, 7) is 8.82. The Labute approximate surface area is 214 Å². The molecular formula is C27H46O9. The molecule has 208 valence electrons. The maximum absolute atomic E-state index is 12.5. The first-order chi connectivity index (χ1) is 16.6. The van der Waals surface area contributed by atoms with Crippen LogP contribution in [0.15, 0.2) is 12.1 Å². The summed E-state index contributed by atoms with van der Waals surface area (Å²) >= 11 is 0. The van der Waals surface area contributed by atoms with Crippen LogP contribution in [0.1, 0.15) is 64.7 Å². The van der Waals surface area contributed by atoms with Crippen molar-refractivity contribution in [1.29, 1.82) is 0 Å². The zero-order valence-electron chi connectivity index (χ0n) is 22.6. The molecule has 0 aromatic heterocycles. The third-order valence-corrected chi connectivity index (χ3v) is 6.44. The second-order valence-electron chi connectivity index (χ2n) is 12.0. The molecule has 0 heterocycles. The number of ether oxygens (including phenoxy) is 2. The van der Waals surface area contributed by atoms with Crippen LogP contribution in [0.25, 0.3) is 0 Å². The van der Waals surface area contributed by atoms with Crippen molar-refractivity contribution in [3.8, 4) is 5.75 Å². The van der Waals surface area contributed by atoms with Crippen LogP contribution in [-0.2, 0) is 31.5 Å². The molecule has 0 aliphatic heterocycles. The highest BCUT2D eigenvalue weighted by Gasteiger charge is 2.34. The minimum absolute atomic E-state index is 0.0639. The molecule has 1 aromatic rings. The van der Waals surface area contributed by atoms with E-state index < -0.39 is 49.8 Å². The van der Waals surface area contributed by atoms with Crippen molar-refractivity contribution in [3.05, 3.63) is 28.8 Å². The second kappa shape index (κ2) is 13.2. The predicted octanol–water partition coefficient (Wildman–Crippen LogP) is 1.41. The van der Waals surface area contributed by atoms with Gasteiger partial charge in [-0.3, -0.25) is 4.79 Å². The molecule has 0 saturated heterocycles. The van der Waals surface area contributed by atoms with Gasteiger partial charge < -0.3 is 40.1 Å². The number of aliphatic hydroxyl groups excluding tert-OH is 5. The third-order valence-electron chi connectivity index (χ3n) is 6.44. The highest BCUT2D eigenvalue weighted by atomic mass is 16.5. The molecule has 0 atom stereocenters. The number of aromatic hydroxyl groups is 1. The van der Waals surface area contributed by atoms with E-state index in [1.54, 1.807) is 0 Å².